The molecule has 0 bridgehead atoms. The van der Waals surface area contributed by atoms with Crippen LogP contribution in [0.15, 0.2) is 29.3 Å². The molecule has 2 aromatic rings. The lowest BCUT2D eigenvalue weighted by atomic mass is 9.96. The fourth-order valence-corrected chi connectivity index (χ4v) is 3.52. The standard InChI is InChI=1S/C21H29F3N6/c1-15-28-29-19(30(15)2)14-26-20(27-18-6-4-3-5-7-18)25-13-12-16-8-10-17(11-9-16)21(22,23)24/h8-11,18H,3-7,12-14H2,1-2H3,(H2,25,26,27). The Bertz CT molecular complexity index is 835. The average molecular weight is 422 g/mol. The van der Waals surface area contributed by atoms with Gasteiger partial charge in [-0.3, -0.25) is 0 Å². The van der Waals surface area contributed by atoms with Crippen LogP contribution in [0.25, 0.3) is 0 Å². The van der Waals surface area contributed by atoms with E-state index in [1.165, 1.54) is 31.4 Å². The van der Waals surface area contributed by atoms with E-state index in [0.717, 1.165) is 42.2 Å². The van der Waals surface area contributed by atoms with E-state index in [2.05, 4.69) is 25.8 Å². The number of guanidine groups is 1. The smallest absolute Gasteiger partial charge is 0.356 e. The summed E-state index contributed by atoms with van der Waals surface area (Å²) in [6.45, 7) is 2.87. The first-order valence-electron chi connectivity index (χ1n) is 10.4. The number of aromatic nitrogens is 3. The maximum absolute atomic E-state index is 12.7. The highest BCUT2D eigenvalue weighted by Gasteiger charge is 2.29. The maximum Gasteiger partial charge on any atom is 0.416 e. The first-order valence-corrected chi connectivity index (χ1v) is 10.4. The lowest BCUT2D eigenvalue weighted by molar-refractivity contribution is -0.137. The highest BCUT2D eigenvalue weighted by molar-refractivity contribution is 5.80. The summed E-state index contributed by atoms with van der Waals surface area (Å²) >= 11 is 0. The number of hydrogen-bond acceptors (Lipinski definition) is 3. The lowest BCUT2D eigenvalue weighted by Gasteiger charge is -2.25. The van der Waals surface area contributed by atoms with Crippen LogP contribution in [0.2, 0.25) is 0 Å². The van der Waals surface area contributed by atoms with E-state index in [1.54, 1.807) is 0 Å². The number of alkyl halides is 3. The molecule has 164 valence electrons. The van der Waals surface area contributed by atoms with Gasteiger partial charge in [-0.25, -0.2) is 4.99 Å². The van der Waals surface area contributed by atoms with Gasteiger partial charge >= 0.3 is 6.18 Å². The fourth-order valence-electron chi connectivity index (χ4n) is 3.52. The zero-order valence-corrected chi connectivity index (χ0v) is 17.5. The Balaban J connectivity index is 1.59. The molecule has 1 heterocycles. The van der Waals surface area contributed by atoms with Crippen LogP contribution in [-0.2, 0) is 26.2 Å². The minimum atomic E-state index is -4.31. The van der Waals surface area contributed by atoms with Gasteiger partial charge in [0, 0.05) is 19.6 Å². The maximum atomic E-state index is 12.7. The topological polar surface area (TPSA) is 67.1 Å². The summed E-state index contributed by atoms with van der Waals surface area (Å²) in [5.41, 5.74) is 0.218. The Kier molecular flexibility index (Phi) is 7.33. The molecule has 1 aromatic carbocycles. The van der Waals surface area contributed by atoms with Crippen molar-refractivity contribution in [1.82, 2.24) is 25.4 Å². The number of aliphatic imine (C=N–C) groups is 1. The summed E-state index contributed by atoms with van der Waals surface area (Å²) < 4.78 is 40.0. The fraction of sp³-hybridized carbons (Fsp3) is 0.571. The predicted molar refractivity (Wildman–Crippen MR) is 110 cm³/mol. The minimum absolute atomic E-state index is 0.386. The van der Waals surface area contributed by atoms with Crippen molar-refractivity contribution in [3.63, 3.8) is 0 Å². The summed E-state index contributed by atoms with van der Waals surface area (Å²) in [5, 5.41) is 15.0. The highest BCUT2D eigenvalue weighted by atomic mass is 19.4. The third kappa shape index (κ3) is 6.21. The summed E-state index contributed by atoms with van der Waals surface area (Å²) in [6, 6.07) is 5.69. The molecule has 6 nitrogen and oxygen atoms in total. The van der Waals surface area contributed by atoms with Crippen molar-refractivity contribution in [3.8, 4) is 0 Å². The first kappa shape index (κ1) is 22.1. The molecule has 1 aromatic heterocycles. The zero-order valence-electron chi connectivity index (χ0n) is 17.5. The summed E-state index contributed by atoms with van der Waals surface area (Å²) in [4.78, 5) is 4.66. The molecule has 0 unspecified atom stereocenters. The van der Waals surface area contributed by atoms with Crippen LogP contribution in [0.1, 0.15) is 54.9 Å². The average Bonchev–Trinajstić information content (AvgIpc) is 3.04. The second-order valence-electron chi connectivity index (χ2n) is 7.74. The molecule has 0 aliphatic heterocycles. The minimum Gasteiger partial charge on any atom is -0.356 e. The Morgan fingerprint density at radius 3 is 2.43 bits per heavy atom. The van der Waals surface area contributed by atoms with Crippen LogP contribution in [0.5, 0.6) is 0 Å². The molecular weight excluding hydrogens is 393 g/mol. The Morgan fingerprint density at radius 2 is 1.83 bits per heavy atom. The van der Waals surface area contributed by atoms with Crippen molar-refractivity contribution in [2.45, 2.75) is 64.2 Å². The molecule has 0 amide bonds. The van der Waals surface area contributed by atoms with Crippen molar-refractivity contribution in [2.75, 3.05) is 6.54 Å². The van der Waals surface area contributed by atoms with Crippen molar-refractivity contribution >= 4 is 5.96 Å². The molecule has 3 rings (SSSR count). The number of halogens is 3. The Morgan fingerprint density at radius 1 is 1.13 bits per heavy atom. The van der Waals surface area contributed by atoms with Crippen molar-refractivity contribution in [3.05, 3.63) is 47.0 Å². The monoisotopic (exact) mass is 422 g/mol. The summed E-state index contributed by atoms with van der Waals surface area (Å²) in [7, 11) is 1.91. The van der Waals surface area contributed by atoms with Gasteiger partial charge in [0.15, 0.2) is 11.8 Å². The van der Waals surface area contributed by atoms with E-state index in [1.807, 2.05) is 18.5 Å². The quantitative estimate of drug-likeness (QED) is 0.550. The van der Waals surface area contributed by atoms with Crippen LogP contribution in [0, 0.1) is 6.92 Å². The summed E-state index contributed by atoms with van der Waals surface area (Å²) in [5.74, 6) is 2.31. The van der Waals surface area contributed by atoms with Crippen LogP contribution in [-0.4, -0.2) is 33.3 Å². The van der Waals surface area contributed by atoms with Gasteiger partial charge in [-0.2, -0.15) is 13.2 Å². The predicted octanol–water partition coefficient (Wildman–Crippen LogP) is 3.75. The third-order valence-electron chi connectivity index (χ3n) is 5.49. The number of hydrogen-bond donors (Lipinski definition) is 2. The largest absolute Gasteiger partial charge is 0.416 e. The molecule has 0 atom stereocenters. The zero-order chi connectivity index (χ0) is 21.6. The SMILES string of the molecule is Cc1nnc(CN=C(NCCc2ccc(C(F)(F)F)cc2)NC2CCCCC2)n1C. The molecule has 0 spiro atoms. The van der Waals surface area contributed by atoms with Crippen LogP contribution in [0.4, 0.5) is 13.2 Å². The Labute approximate surface area is 175 Å². The second-order valence-corrected chi connectivity index (χ2v) is 7.74. The van der Waals surface area contributed by atoms with E-state index in [9.17, 15) is 13.2 Å². The second kappa shape index (κ2) is 9.95. The van der Waals surface area contributed by atoms with Crippen molar-refractivity contribution in [2.24, 2.45) is 12.0 Å². The molecule has 1 saturated carbocycles. The van der Waals surface area contributed by atoms with Gasteiger partial charge in [0.05, 0.1) is 5.56 Å². The van der Waals surface area contributed by atoms with Crippen LogP contribution < -0.4 is 10.6 Å². The molecule has 1 fully saturated rings. The lowest BCUT2D eigenvalue weighted by Crippen LogP contribution is -2.44. The van der Waals surface area contributed by atoms with E-state index in [-0.39, 0.29) is 0 Å². The molecule has 2 N–H and O–H groups in total. The van der Waals surface area contributed by atoms with Crippen molar-refractivity contribution in [1.29, 1.82) is 0 Å². The molecule has 0 saturated heterocycles. The van der Waals surface area contributed by atoms with Gasteiger partial charge in [0.1, 0.15) is 12.4 Å². The van der Waals surface area contributed by atoms with Gasteiger partial charge in [0.2, 0.25) is 0 Å². The third-order valence-corrected chi connectivity index (χ3v) is 5.49. The van der Waals surface area contributed by atoms with E-state index in [0.29, 0.717) is 31.5 Å². The highest BCUT2D eigenvalue weighted by Crippen LogP contribution is 2.29. The van der Waals surface area contributed by atoms with Gasteiger partial charge in [-0.05, 0) is 43.9 Å². The number of nitrogens with one attached hydrogen (secondary N) is 2. The van der Waals surface area contributed by atoms with Crippen molar-refractivity contribution < 1.29 is 13.2 Å². The van der Waals surface area contributed by atoms with Gasteiger partial charge in [0.25, 0.3) is 0 Å². The summed E-state index contributed by atoms with van der Waals surface area (Å²) in [6.07, 6.45) is 2.21. The van der Waals surface area contributed by atoms with E-state index in [4.69, 9.17) is 0 Å². The van der Waals surface area contributed by atoms with Gasteiger partial charge in [-0.15, -0.1) is 10.2 Å². The van der Waals surface area contributed by atoms with Gasteiger partial charge < -0.3 is 15.2 Å². The molecule has 1 aliphatic carbocycles. The number of nitrogens with zero attached hydrogens (tertiary/aromatic N) is 4. The molecule has 0 radical (unpaired) electrons. The Hall–Kier alpha value is -2.58. The number of benzene rings is 1. The molecule has 1 aliphatic rings. The van der Waals surface area contributed by atoms with E-state index >= 15 is 0 Å². The van der Waals surface area contributed by atoms with Crippen LogP contribution in [0.3, 0.4) is 0 Å². The van der Waals surface area contributed by atoms with Crippen LogP contribution >= 0.6 is 0 Å². The van der Waals surface area contributed by atoms with E-state index < -0.39 is 11.7 Å². The molecular formula is C21H29F3N6. The first-order chi connectivity index (χ1) is 14.3. The molecule has 30 heavy (non-hydrogen) atoms. The normalized spacial score (nSPS) is 16.0. The van der Waals surface area contributed by atoms with Gasteiger partial charge in [-0.1, -0.05) is 31.4 Å². The molecule has 9 heteroatoms. The number of rotatable bonds is 6. The number of aryl methyl sites for hydroxylation is 1.